The molecule has 122 valence electrons. The number of piperidine rings is 1. The van der Waals surface area contributed by atoms with Crippen molar-refractivity contribution in [3.63, 3.8) is 0 Å². The van der Waals surface area contributed by atoms with Gasteiger partial charge in [-0.15, -0.1) is 0 Å². The predicted octanol–water partition coefficient (Wildman–Crippen LogP) is 3.88. The molecule has 0 aromatic heterocycles. The van der Waals surface area contributed by atoms with Crippen molar-refractivity contribution < 1.29 is 14.3 Å². The Morgan fingerprint density at radius 1 is 1.27 bits per heavy atom. The summed E-state index contributed by atoms with van der Waals surface area (Å²) in [6.45, 7) is 7.27. The van der Waals surface area contributed by atoms with E-state index in [0.29, 0.717) is 5.92 Å². The molecule has 0 N–H and O–H groups in total. The molecule has 1 aliphatic heterocycles. The molecule has 0 unspecified atom stereocenters. The highest BCUT2D eigenvalue weighted by Gasteiger charge is 2.26. The van der Waals surface area contributed by atoms with Gasteiger partial charge in [0.2, 0.25) is 0 Å². The second kappa shape index (κ2) is 7.03. The van der Waals surface area contributed by atoms with Gasteiger partial charge in [-0.1, -0.05) is 12.1 Å². The first-order chi connectivity index (χ1) is 10.4. The summed E-state index contributed by atoms with van der Waals surface area (Å²) in [6.07, 6.45) is 2.90. The molecule has 0 atom stereocenters. The summed E-state index contributed by atoms with van der Waals surface area (Å²) < 4.78 is 10.7. The molecule has 1 aromatic rings. The lowest BCUT2D eigenvalue weighted by Crippen LogP contribution is -2.42. The van der Waals surface area contributed by atoms with E-state index in [9.17, 15) is 4.79 Å². The third-order valence-corrected chi connectivity index (χ3v) is 3.92. The predicted molar refractivity (Wildman–Crippen MR) is 87.2 cm³/mol. The number of methoxy groups -OCH3 is 1. The summed E-state index contributed by atoms with van der Waals surface area (Å²) in [5.74, 6) is 1.52. The van der Waals surface area contributed by atoms with Crippen LogP contribution in [0.25, 0.3) is 0 Å². The minimum Gasteiger partial charge on any atom is -0.497 e. The molecule has 22 heavy (non-hydrogen) atoms. The van der Waals surface area contributed by atoms with Crippen LogP contribution in [0.3, 0.4) is 0 Å². The van der Waals surface area contributed by atoms with Crippen LogP contribution in [0.4, 0.5) is 4.79 Å². The first kappa shape index (κ1) is 16.7. The van der Waals surface area contributed by atoms with E-state index in [1.54, 1.807) is 7.11 Å². The van der Waals surface area contributed by atoms with Crippen LogP contribution in [0.1, 0.15) is 39.2 Å². The van der Waals surface area contributed by atoms with Gasteiger partial charge in [0, 0.05) is 13.1 Å². The van der Waals surface area contributed by atoms with Crippen molar-refractivity contribution in [2.75, 3.05) is 20.2 Å². The lowest BCUT2D eigenvalue weighted by molar-refractivity contribution is 0.0184. The monoisotopic (exact) mass is 305 g/mol. The molecular weight excluding hydrogens is 278 g/mol. The van der Waals surface area contributed by atoms with Gasteiger partial charge < -0.3 is 14.4 Å². The van der Waals surface area contributed by atoms with Gasteiger partial charge >= 0.3 is 6.09 Å². The Balaban J connectivity index is 1.83. The molecule has 0 saturated carbocycles. The maximum Gasteiger partial charge on any atom is 0.410 e. The van der Waals surface area contributed by atoms with Crippen molar-refractivity contribution in [3.05, 3.63) is 29.8 Å². The van der Waals surface area contributed by atoms with Gasteiger partial charge in [0.25, 0.3) is 0 Å². The van der Waals surface area contributed by atoms with Gasteiger partial charge in [0.1, 0.15) is 11.4 Å². The maximum absolute atomic E-state index is 12.0. The largest absolute Gasteiger partial charge is 0.497 e. The average molecular weight is 305 g/mol. The van der Waals surface area contributed by atoms with E-state index < -0.39 is 5.60 Å². The Morgan fingerprint density at radius 2 is 1.95 bits per heavy atom. The van der Waals surface area contributed by atoms with Crippen LogP contribution < -0.4 is 4.74 Å². The number of ether oxygens (including phenoxy) is 2. The zero-order valence-corrected chi connectivity index (χ0v) is 14.1. The van der Waals surface area contributed by atoms with Crippen molar-refractivity contribution in [2.24, 2.45) is 5.92 Å². The van der Waals surface area contributed by atoms with Crippen LogP contribution in [0.5, 0.6) is 5.75 Å². The van der Waals surface area contributed by atoms with Crippen LogP contribution >= 0.6 is 0 Å². The molecule has 1 fully saturated rings. The molecular formula is C18H27NO3. The highest BCUT2D eigenvalue weighted by atomic mass is 16.6. The normalized spacial score (nSPS) is 16.5. The topological polar surface area (TPSA) is 38.8 Å². The third kappa shape index (κ3) is 4.93. The van der Waals surface area contributed by atoms with Gasteiger partial charge in [0.05, 0.1) is 7.11 Å². The summed E-state index contributed by atoms with van der Waals surface area (Å²) >= 11 is 0. The minimum absolute atomic E-state index is 0.188. The highest BCUT2D eigenvalue weighted by molar-refractivity contribution is 5.68. The number of amides is 1. The molecule has 0 radical (unpaired) electrons. The van der Waals surface area contributed by atoms with Crippen molar-refractivity contribution >= 4 is 6.09 Å². The van der Waals surface area contributed by atoms with Gasteiger partial charge in [-0.3, -0.25) is 0 Å². The van der Waals surface area contributed by atoms with E-state index >= 15 is 0 Å². The van der Waals surface area contributed by atoms with E-state index in [1.807, 2.05) is 37.8 Å². The summed E-state index contributed by atoms with van der Waals surface area (Å²) in [6, 6.07) is 8.24. The molecule has 0 aliphatic carbocycles. The van der Waals surface area contributed by atoms with Crippen LogP contribution in [-0.4, -0.2) is 36.8 Å². The third-order valence-electron chi connectivity index (χ3n) is 3.92. The minimum atomic E-state index is -0.422. The number of rotatable bonds is 3. The standard InChI is InChI=1S/C18H27NO3/c1-18(2,3)22-17(20)19-10-8-14(9-11-19)12-15-6-5-7-16(13-15)21-4/h5-7,13-14H,8-12H2,1-4H3. The number of hydrogen-bond donors (Lipinski definition) is 0. The fourth-order valence-corrected chi connectivity index (χ4v) is 2.78. The van der Waals surface area contributed by atoms with Crippen LogP contribution in [0, 0.1) is 5.92 Å². The lowest BCUT2D eigenvalue weighted by Gasteiger charge is -2.33. The lowest BCUT2D eigenvalue weighted by atomic mass is 9.90. The molecule has 1 saturated heterocycles. The Morgan fingerprint density at radius 3 is 2.55 bits per heavy atom. The van der Waals surface area contributed by atoms with Crippen molar-refractivity contribution in [2.45, 2.75) is 45.6 Å². The average Bonchev–Trinajstić information content (AvgIpc) is 2.46. The molecule has 4 nitrogen and oxygen atoms in total. The van der Waals surface area contributed by atoms with E-state index in [2.05, 4.69) is 12.1 Å². The Bertz CT molecular complexity index is 499. The quantitative estimate of drug-likeness (QED) is 0.850. The fraction of sp³-hybridized carbons (Fsp3) is 0.611. The SMILES string of the molecule is COc1cccc(CC2CCN(C(=O)OC(C)(C)C)CC2)c1. The smallest absolute Gasteiger partial charge is 0.410 e. The van der Waals surface area contributed by atoms with Gasteiger partial charge in [-0.05, 0) is 63.6 Å². The van der Waals surface area contributed by atoms with E-state index in [0.717, 1.165) is 38.1 Å². The number of carbonyl (C=O) groups is 1. The fourth-order valence-electron chi connectivity index (χ4n) is 2.78. The molecule has 4 heteroatoms. The summed E-state index contributed by atoms with van der Waals surface area (Å²) in [4.78, 5) is 13.9. The van der Waals surface area contributed by atoms with E-state index in [1.165, 1.54) is 5.56 Å². The molecule has 1 heterocycles. The molecule has 0 bridgehead atoms. The second-order valence-electron chi connectivity index (χ2n) is 6.97. The molecule has 1 aromatic carbocycles. The van der Waals surface area contributed by atoms with Gasteiger partial charge in [-0.2, -0.15) is 0 Å². The maximum atomic E-state index is 12.0. The molecule has 2 rings (SSSR count). The molecule has 1 aliphatic rings. The number of benzene rings is 1. The molecule has 1 amide bonds. The van der Waals surface area contributed by atoms with Gasteiger partial charge in [-0.25, -0.2) is 4.79 Å². The summed E-state index contributed by atoms with van der Waals surface area (Å²) in [5.41, 5.74) is 0.879. The zero-order valence-electron chi connectivity index (χ0n) is 14.1. The Labute approximate surface area is 133 Å². The van der Waals surface area contributed by atoms with Crippen molar-refractivity contribution in [1.82, 2.24) is 4.90 Å². The first-order valence-corrected chi connectivity index (χ1v) is 7.98. The Hall–Kier alpha value is -1.71. The number of nitrogens with zero attached hydrogens (tertiary/aromatic N) is 1. The summed E-state index contributed by atoms with van der Waals surface area (Å²) in [5, 5.41) is 0. The van der Waals surface area contributed by atoms with Crippen molar-refractivity contribution in [3.8, 4) is 5.75 Å². The number of carbonyl (C=O) groups excluding carboxylic acids is 1. The van der Waals surface area contributed by atoms with Crippen LogP contribution in [0.2, 0.25) is 0 Å². The van der Waals surface area contributed by atoms with Crippen LogP contribution in [-0.2, 0) is 11.2 Å². The zero-order chi connectivity index (χ0) is 16.2. The molecule has 0 spiro atoms. The first-order valence-electron chi connectivity index (χ1n) is 7.98. The van der Waals surface area contributed by atoms with Crippen molar-refractivity contribution in [1.29, 1.82) is 0 Å². The number of hydrogen-bond acceptors (Lipinski definition) is 3. The van der Waals surface area contributed by atoms with Crippen LogP contribution in [0.15, 0.2) is 24.3 Å². The van der Waals surface area contributed by atoms with E-state index in [4.69, 9.17) is 9.47 Å². The Kier molecular flexibility index (Phi) is 5.33. The number of likely N-dealkylation sites (tertiary alicyclic amines) is 1. The van der Waals surface area contributed by atoms with E-state index in [-0.39, 0.29) is 6.09 Å². The van der Waals surface area contributed by atoms with Gasteiger partial charge in [0.15, 0.2) is 0 Å². The summed E-state index contributed by atoms with van der Waals surface area (Å²) in [7, 11) is 1.69. The highest BCUT2D eigenvalue weighted by Crippen LogP contribution is 2.24. The second-order valence-corrected chi connectivity index (χ2v) is 6.97.